The van der Waals surface area contributed by atoms with Crippen LogP contribution in [0.25, 0.3) is 0 Å². The largest absolute Gasteiger partial charge is 0.385 e. The Labute approximate surface area is 105 Å². The zero-order valence-electron chi connectivity index (χ0n) is 10.0. The minimum atomic E-state index is 0.273. The van der Waals surface area contributed by atoms with E-state index in [9.17, 15) is 0 Å². The van der Waals surface area contributed by atoms with E-state index in [0.717, 1.165) is 36.3 Å². The molecule has 1 aromatic rings. The molecule has 1 heterocycles. The minimum Gasteiger partial charge on any atom is -0.385 e. The van der Waals surface area contributed by atoms with Crippen LogP contribution in [0.5, 0.6) is 0 Å². The highest BCUT2D eigenvalue weighted by molar-refractivity contribution is 9.10. The van der Waals surface area contributed by atoms with Gasteiger partial charge < -0.3 is 10.1 Å². The Hall–Kier alpha value is -0.460. The Morgan fingerprint density at radius 3 is 2.81 bits per heavy atom. The van der Waals surface area contributed by atoms with Crippen LogP contribution in [-0.4, -0.2) is 35.3 Å². The second kappa shape index (κ2) is 6.98. The molecule has 0 saturated heterocycles. The van der Waals surface area contributed by atoms with Gasteiger partial charge in [-0.25, -0.2) is 4.68 Å². The molecule has 1 atom stereocenters. The summed E-state index contributed by atoms with van der Waals surface area (Å²) in [6.45, 7) is 3.81. The average molecular weight is 291 g/mol. The van der Waals surface area contributed by atoms with Gasteiger partial charge in [-0.2, -0.15) is 0 Å². The summed E-state index contributed by atoms with van der Waals surface area (Å²) in [5, 5.41) is 11.4. The number of aromatic nitrogens is 3. The van der Waals surface area contributed by atoms with E-state index in [0.29, 0.717) is 0 Å². The molecule has 1 unspecified atom stereocenters. The number of aryl methyl sites for hydroxylation is 1. The lowest BCUT2D eigenvalue weighted by atomic mass is 10.1. The van der Waals surface area contributed by atoms with Gasteiger partial charge in [0.15, 0.2) is 4.60 Å². The third kappa shape index (κ3) is 3.54. The zero-order valence-corrected chi connectivity index (χ0v) is 11.6. The summed E-state index contributed by atoms with van der Waals surface area (Å²) in [6.07, 6.45) is 2.04. The van der Waals surface area contributed by atoms with E-state index < -0.39 is 0 Å². The molecule has 0 fully saturated rings. The van der Waals surface area contributed by atoms with Crippen molar-refractivity contribution in [1.29, 1.82) is 0 Å². The highest BCUT2D eigenvalue weighted by atomic mass is 79.9. The molecule has 92 valence electrons. The molecule has 0 aliphatic heterocycles. The van der Waals surface area contributed by atoms with Crippen LogP contribution in [0.3, 0.4) is 0 Å². The summed E-state index contributed by atoms with van der Waals surface area (Å²) in [5.74, 6) is 0. The Balaban J connectivity index is 2.68. The van der Waals surface area contributed by atoms with Gasteiger partial charge in [-0.05, 0) is 35.3 Å². The third-order valence-electron chi connectivity index (χ3n) is 2.45. The molecule has 16 heavy (non-hydrogen) atoms. The van der Waals surface area contributed by atoms with Crippen molar-refractivity contribution in [2.24, 2.45) is 7.05 Å². The standard InChI is InChI=1S/C10H19BrN4O/c1-4-12-8(6-5-7-16-3)9-10(11)13-14-15(9)2/h8,12H,4-7H2,1-3H3. The predicted octanol–water partition coefficient (Wildman–Crippen LogP) is 1.65. The van der Waals surface area contributed by atoms with E-state index in [2.05, 4.69) is 38.5 Å². The van der Waals surface area contributed by atoms with Crippen molar-refractivity contribution in [2.45, 2.75) is 25.8 Å². The monoisotopic (exact) mass is 290 g/mol. The Morgan fingerprint density at radius 2 is 2.31 bits per heavy atom. The summed E-state index contributed by atoms with van der Waals surface area (Å²) in [7, 11) is 3.64. The van der Waals surface area contributed by atoms with Crippen molar-refractivity contribution in [3.63, 3.8) is 0 Å². The number of hydrogen-bond acceptors (Lipinski definition) is 4. The van der Waals surface area contributed by atoms with Gasteiger partial charge in [-0.15, -0.1) is 5.10 Å². The molecule has 0 saturated carbocycles. The van der Waals surface area contributed by atoms with Crippen molar-refractivity contribution in [1.82, 2.24) is 20.3 Å². The van der Waals surface area contributed by atoms with Crippen LogP contribution < -0.4 is 5.32 Å². The smallest absolute Gasteiger partial charge is 0.153 e. The molecule has 0 aliphatic carbocycles. The van der Waals surface area contributed by atoms with Crippen molar-refractivity contribution in [3.8, 4) is 0 Å². The first kappa shape index (κ1) is 13.6. The van der Waals surface area contributed by atoms with Gasteiger partial charge in [-0.3, -0.25) is 0 Å². The topological polar surface area (TPSA) is 52.0 Å². The first-order chi connectivity index (χ1) is 7.70. The van der Waals surface area contributed by atoms with Crippen LogP contribution in [-0.2, 0) is 11.8 Å². The fraction of sp³-hybridized carbons (Fsp3) is 0.800. The molecule has 0 aromatic carbocycles. The number of rotatable bonds is 7. The van der Waals surface area contributed by atoms with E-state index in [-0.39, 0.29) is 6.04 Å². The normalized spacial score (nSPS) is 13.0. The average Bonchev–Trinajstić information content (AvgIpc) is 2.58. The van der Waals surface area contributed by atoms with Gasteiger partial charge in [0.05, 0.1) is 11.7 Å². The number of ether oxygens (including phenoxy) is 1. The molecule has 1 aromatic heterocycles. The van der Waals surface area contributed by atoms with Crippen LogP contribution >= 0.6 is 15.9 Å². The fourth-order valence-corrected chi connectivity index (χ4v) is 2.33. The van der Waals surface area contributed by atoms with E-state index >= 15 is 0 Å². The maximum absolute atomic E-state index is 5.07. The van der Waals surface area contributed by atoms with Gasteiger partial charge in [0.25, 0.3) is 0 Å². The van der Waals surface area contributed by atoms with Crippen LogP contribution in [0, 0.1) is 0 Å². The molecule has 5 nitrogen and oxygen atoms in total. The van der Waals surface area contributed by atoms with Crippen molar-refractivity contribution < 1.29 is 4.74 Å². The number of methoxy groups -OCH3 is 1. The molecule has 0 spiro atoms. The van der Waals surface area contributed by atoms with Crippen molar-refractivity contribution in [2.75, 3.05) is 20.3 Å². The van der Waals surface area contributed by atoms with E-state index in [1.54, 1.807) is 7.11 Å². The van der Waals surface area contributed by atoms with Gasteiger partial charge in [0, 0.05) is 20.8 Å². The van der Waals surface area contributed by atoms with E-state index in [1.165, 1.54) is 0 Å². The molecule has 0 bridgehead atoms. The molecule has 6 heteroatoms. The van der Waals surface area contributed by atoms with E-state index in [4.69, 9.17) is 4.74 Å². The zero-order chi connectivity index (χ0) is 12.0. The lowest BCUT2D eigenvalue weighted by Crippen LogP contribution is -2.24. The van der Waals surface area contributed by atoms with Crippen LogP contribution in [0.1, 0.15) is 31.5 Å². The highest BCUT2D eigenvalue weighted by Gasteiger charge is 2.18. The second-order valence-electron chi connectivity index (χ2n) is 3.63. The van der Waals surface area contributed by atoms with Gasteiger partial charge in [-0.1, -0.05) is 12.1 Å². The predicted molar refractivity (Wildman–Crippen MR) is 66.2 cm³/mol. The third-order valence-corrected chi connectivity index (χ3v) is 3.01. The number of hydrogen-bond donors (Lipinski definition) is 1. The maximum Gasteiger partial charge on any atom is 0.153 e. The summed E-state index contributed by atoms with van der Waals surface area (Å²) in [6, 6.07) is 0.273. The minimum absolute atomic E-state index is 0.273. The van der Waals surface area contributed by atoms with Crippen molar-refractivity contribution in [3.05, 3.63) is 10.3 Å². The summed E-state index contributed by atoms with van der Waals surface area (Å²) >= 11 is 3.43. The van der Waals surface area contributed by atoms with E-state index in [1.807, 2.05) is 11.7 Å². The van der Waals surface area contributed by atoms with Gasteiger partial charge in [0.1, 0.15) is 0 Å². The van der Waals surface area contributed by atoms with Gasteiger partial charge >= 0.3 is 0 Å². The molecule has 0 radical (unpaired) electrons. The SMILES string of the molecule is CCNC(CCCOC)c1c(Br)nnn1C. The lowest BCUT2D eigenvalue weighted by molar-refractivity contribution is 0.188. The highest BCUT2D eigenvalue weighted by Crippen LogP contribution is 2.23. The number of nitrogens with one attached hydrogen (secondary N) is 1. The summed E-state index contributed by atoms with van der Waals surface area (Å²) < 4.78 is 7.70. The van der Waals surface area contributed by atoms with Crippen LogP contribution in [0.4, 0.5) is 0 Å². The Bertz CT molecular complexity index is 296. The maximum atomic E-state index is 5.07. The van der Waals surface area contributed by atoms with Crippen LogP contribution in [0.2, 0.25) is 0 Å². The first-order valence-electron chi connectivity index (χ1n) is 5.48. The molecular weight excluding hydrogens is 272 g/mol. The summed E-state index contributed by atoms with van der Waals surface area (Å²) in [5.41, 5.74) is 1.10. The van der Waals surface area contributed by atoms with Crippen molar-refractivity contribution >= 4 is 15.9 Å². The molecule has 1 rings (SSSR count). The lowest BCUT2D eigenvalue weighted by Gasteiger charge is -2.17. The Kier molecular flexibility index (Phi) is 5.94. The molecule has 0 amide bonds. The number of halogens is 1. The number of nitrogens with zero attached hydrogens (tertiary/aromatic N) is 3. The first-order valence-corrected chi connectivity index (χ1v) is 6.27. The fourth-order valence-electron chi connectivity index (χ4n) is 1.72. The molecular formula is C10H19BrN4O. The van der Waals surface area contributed by atoms with Crippen LogP contribution in [0.15, 0.2) is 4.60 Å². The quantitative estimate of drug-likeness (QED) is 0.776. The molecule has 0 aliphatic rings. The summed E-state index contributed by atoms with van der Waals surface area (Å²) in [4.78, 5) is 0. The van der Waals surface area contributed by atoms with Gasteiger partial charge in [0.2, 0.25) is 0 Å². The second-order valence-corrected chi connectivity index (χ2v) is 4.39. The Morgan fingerprint density at radius 1 is 1.56 bits per heavy atom. The molecule has 1 N–H and O–H groups in total.